The van der Waals surface area contributed by atoms with E-state index < -0.39 is 0 Å². The first-order chi connectivity index (χ1) is 17.7. The number of aromatic nitrogens is 3. The fourth-order valence-electron chi connectivity index (χ4n) is 3.94. The molecule has 37 heavy (non-hydrogen) atoms. The van der Waals surface area contributed by atoms with E-state index in [9.17, 15) is 9.59 Å². The zero-order chi connectivity index (χ0) is 26.5. The van der Waals surface area contributed by atoms with E-state index >= 15 is 0 Å². The summed E-state index contributed by atoms with van der Waals surface area (Å²) in [7, 11) is 1.72. The summed E-state index contributed by atoms with van der Waals surface area (Å²) in [4.78, 5) is 36.2. The monoisotopic (exact) mass is 515 g/mol. The van der Waals surface area contributed by atoms with E-state index in [1.807, 2.05) is 42.5 Å². The van der Waals surface area contributed by atoms with Crippen molar-refractivity contribution in [3.8, 4) is 0 Å². The number of allylic oxidation sites excluding steroid dienone is 1. The zero-order valence-corrected chi connectivity index (χ0v) is 22.2. The minimum Gasteiger partial charge on any atom is -0.363 e. The quantitative estimate of drug-likeness (QED) is 0.326. The molecule has 7 nitrogen and oxygen atoms in total. The standard InChI is InChI=1S/C29H30ClN5O2/c1-19(2)11-13-35(18-23-14-25-27(15-26(23)30)33-20(3)34(4)29(25)37)24-9-7-22(8-10-24)28(36)32-17-21-6-5-12-31-16-21/h5-12,14-16H,13,17-18H2,1-4H3,(H,32,36). The molecule has 2 heterocycles. The van der Waals surface area contributed by atoms with Gasteiger partial charge in [-0.05, 0) is 74.4 Å². The third-order valence-corrected chi connectivity index (χ3v) is 6.57. The molecule has 1 N–H and O–H groups in total. The number of pyridine rings is 1. The highest BCUT2D eigenvalue weighted by Gasteiger charge is 2.14. The second-order valence-electron chi connectivity index (χ2n) is 9.24. The van der Waals surface area contributed by atoms with Crippen LogP contribution in [0.2, 0.25) is 5.02 Å². The number of carbonyl (C=O) groups is 1. The lowest BCUT2D eigenvalue weighted by atomic mass is 10.1. The summed E-state index contributed by atoms with van der Waals surface area (Å²) in [5, 5.41) is 4.02. The van der Waals surface area contributed by atoms with Crippen LogP contribution >= 0.6 is 11.6 Å². The molecule has 0 aliphatic heterocycles. The molecule has 4 aromatic rings. The van der Waals surface area contributed by atoms with Crippen LogP contribution in [0.1, 0.15) is 41.2 Å². The van der Waals surface area contributed by atoms with E-state index in [2.05, 4.69) is 40.1 Å². The third-order valence-electron chi connectivity index (χ3n) is 6.22. The molecule has 0 fully saturated rings. The van der Waals surface area contributed by atoms with Crippen LogP contribution in [0.3, 0.4) is 0 Å². The van der Waals surface area contributed by atoms with Gasteiger partial charge in [0.15, 0.2) is 0 Å². The highest BCUT2D eigenvalue weighted by Crippen LogP contribution is 2.26. The molecule has 0 aliphatic carbocycles. The molecule has 0 aliphatic rings. The Kier molecular flexibility index (Phi) is 8.04. The summed E-state index contributed by atoms with van der Waals surface area (Å²) >= 11 is 6.65. The van der Waals surface area contributed by atoms with Gasteiger partial charge in [0.1, 0.15) is 5.82 Å². The number of anilines is 1. The Bertz CT molecular complexity index is 1510. The SMILES string of the molecule is CC(C)=CCN(Cc1cc2c(=O)n(C)c(C)nc2cc1Cl)c1ccc(C(=O)NCc2cccnc2)cc1. The highest BCUT2D eigenvalue weighted by molar-refractivity contribution is 6.32. The predicted octanol–water partition coefficient (Wildman–Crippen LogP) is 5.19. The molecule has 2 aromatic carbocycles. The maximum absolute atomic E-state index is 12.8. The maximum Gasteiger partial charge on any atom is 0.261 e. The average molecular weight is 516 g/mol. The number of hydrogen-bond donors (Lipinski definition) is 1. The van der Waals surface area contributed by atoms with Crippen molar-refractivity contribution >= 4 is 34.1 Å². The summed E-state index contributed by atoms with van der Waals surface area (Å²) in [6, 6.07) is 14.8. The molecule has 0 bridgehead atoms. The van der Waals surface area contributed by atoms with Crippen molar-refractivity contribution in [1.29, 1.82) is 0 Å². The van der Waals surface area contributed by atoms with Crippen molar-refractivity contribution in [1.82, 2.24) is 19.9 Å². The molecule has 0 saturated heterocycles. The molecule has 8 heteroatoms. The smallest absolute Gasteiger partial charge is 0.261 e. The van der Waals surface area contributed by atoms with Crippen LogP contribution in [-0.2, 0) is 20.1 Å². The van der Waals surface area contributed by atoms with Crippen molar-refractivity contribution in [3.63, 3.8) is 0 Å². The van der Waals surface area contributed by atoms with E-state index in [0.29, 0.717) is 46.9 Å². The van der Waals surface area contributed by atoms with Gasteiger partial charge in [0.25, 0.3) is 11.5 Å². The number of nitrogens with one attached hydrogen (secondary N) is 1. The first kappa shape index (κ1) is 26.1. The van der Waals surface area contributed by atoms with E-state index in [1.54, 1.807) is 37.0 Å². The Morgan fingerprint density at radius 1 is 1.16 bits per heavy atom. The molecule has 0 radical (unpaired) electrons. The Balaban J connectivity index is 1.58. The number of aryl methyl sites for hydroxylation is 1. The second-order valence-corrected chi connectivity index (χ2v) is 9.64. The third kappa shape index (κ3) is 6.24. The van der Waals surface area contributed by atoms with Gasteiger partial charge in [0, 0.05) is 55.3 Å². The molecule has 190 valence electrons. The molecule has 2 aromatic heterocycles. The van der Waals surface area contributed by atoms with Crippen molar-refractivity contribution in [2.45, 2.75) is 33.9 Å². The van der Waals surface area contributed by atoms with Crippen molar-refractivity contribution in [2.75, 3.05) is 11.4 Å². The van der Waals surface area contributed by atoms with Gasteiger partial charge in [0.2, 0.25) is 0 Å². The van der Waals surface area contributed by atoms with Crippen molar-refractivity contribution < 1.29 is 4.79 Å². The topological polar surface area (TPSA) is 80.1 Å². The first-order valence-corrected chi connectivity index (χ1v) is 12.4. The Hall–Kier alpha value is -3.97. The van der Waals surface area contributed by atoms with Crippen molar-refractivity contribution in [2.24, 2.45) is 7.05 Å². The van der Waals surface area contributed by atoms with Gasteiger partial charge in [-0.3, -0.25) is 19.1 Å². The summed E-state index contributed by atoms with van der Waals surface area (Å²) in [6.07, 6.45) is 5.57. The van der Waals surface area contributed by atoms with Crippen LogP contribution in [0.4, 0.5) is 5.69 Å². The van der Waals surface area contributed by atoms with E-state index in [4.69, 9.17) is 11.6 Å². The van der Waals surface area contributed by atoms with E-state index in [0.717, 1.165) is 16.8 Å². The normalized spacial score (nSPS) is 10.8. The highest BCUT2D eigenvalue weighted by atomic mass is 35.5. The molecular formula is C29H30ClN5O2. The van der Waals surface area contributed by atoms with Crippen LogP contribution in [0.25, 0.3) is 10.9 Å². The number of hydrogen-bond acceptors (Lipinski definition) is 5. The van der Waals surface area contributed by atoms with Crippen LogP contribution in [0, 0.1) is 6.92 Å². The minimum atomic E-state index is -0.150. The van der Waals surface area contributed by atoms with Crippen LogP contribution in [0.15, 0.2) is 77.4 Å². The molecule has 1 amide bonds. The first-order valence-electron chi connectivity index (χ1n) is 12.0. The van der Waals surface area contributed by atoms with Crippen LogP contribution in [-0.4, -0.2) is 27.0 Å². The molecule has 0 atom stereocenters. The fourth-order valence-corrected chi connectivity index (χ4v) is 4.16. The zero-order valence-electron chi connectivity index (χ0n) is 21.5. The summed E-state index contributed by atoms with van der Waals surface area (Å²) in [5.74, 6) is 0.485. The molecule has 4 rings (SSSR count). The van der Waals surface area contributed by atoms with Gasteiger partial charge >= 0.3 is 0 Å². The van der Waals surface area contributed by atoms with Gasteiger partial charge in [-0.2, -0.15) is 0 Å². The van der Waals surface area contributed by atoms with E-state index in [-0.39, 0.29) is 11.5 Å². The number of rotatable bonds is 8. The molecule has 0 spiro atoms. The van der Waals surface area contributed by atoms with Gasteiger partial charge < -0.3 is 10.2 Å². The summed E-state index contributed by atoms with van der Waals surface area (Å²) < 4.78 is 1.54. The van der Waals surface area contributed by atoms with E-state index in [1.165, 1.54) is 5.57 Å². The Morgan fingerprint density at radius 3 is 2.59 bits per heavy atom. The van der Waals surface area contributed by atoms with Gasteiger partial charge in [0.05, 0.1) is 10.9 Å². The van der Waals surface area contributed by atoms with Gasteiger partial charge in [-0.15, -0.1) is 0 Å². The molecule has 0 saturated carbocycles. The van der Waals surface area contributed by atoms with Crippen LogP contribution in [0.5, 0.6) is 0 Å². The lowest BCUT2D eigenvalue weighted by Gasteiger charge is -2.25. The Labute approximate surface area is 221 Å². The number of benzene rings is 2. The number of carbonyl (C=O) groups excluding carboxylic acids is 1. The average Bonchev–Trinajstić information content (AvgIpc) is 2.89. The minimum absolute atomic E-state index is 0.0992. The number of nitrogens with zero attached hydrogens (tertiary/aromatic N) is 4. The summed E-state index contributed by atoms with van der Waals surface area (Å²) in [5.41, 5.74) is 4.96. The molecular weight excluding hydrogens is 486 g/mol. The molecule has 0 unspecified atom stereocenters. The lowest BCUT2D eigenvalue weighted by molar-refractivity contribution is 0.0951. The fraction of sp³-hybridized carbons (Fsp3) is 0.241. The van der Waals surface area contributed by atoms with Crippen molar-refractivity contribution in [3.05, 3.63) is 110 Å². The number of amides is 1. The summed E-state index contributed by atoms with van der Waals surface area (Å²) in [6.45, 7) is 7.45. The number of fused-ring (bicyclic) bond motifs is 1. The largest absolute Gasteiger partial charge is 0.363 e. The Morgan fingerprint density at radius 2 is 1.92 bits per heavy atom. The number of halogens is 1. The maximum atomic E-state index is 12.8. The van der Waals surface area contributed by atoms with Gasteiger partial charge in [-0.1, -0.05) is 29.3 Å². The lowest BCUT2D eigenvalue weighted by Crippen LogP contribution is -2.25. The van der Waals surface area contributed by atoms with Crippen LogP contribution < -0.4 is 15.8 Å². The van der Waals surface area contributed by atoms with Gasteiger partial charge in [-0.25, -0.2) is 4.98 Å². The predicted molar refractivity (Wildman–Crippen MR) is 149 cm³/mol. The second kappa shape index (κ2) is 11.4.